The Kier molecular flexibility index (Phi) is 3.30. The number of carbonyl (C=O) groups excluding carboxylic acids is 1. The Balaban J connectivity index is 2.01. The Hall–Kier alpha value is -2.52. The number of nitrogens with zero attached hydrogens (tertiary/aromatic N) is 4. The molecule has 1 aliphatic rings. The highest BCUT2D eigenvalue weighted by molar-refractivity contribution is 6.01. The van der Waals surface area contributed by atoms with Crippen molar-refractivity contribution in [3.05, 3.63) is 18.0 Å². The summed E-state index contributed by atoms with van der Waals surface area (Å²) >= 11 is 0. The predicted octanol–water partition coefficient (Wildman–Crippen LogP) is 1.19. The summed E-state index contributed by atoms with van der Waals surface area (Å²) in [6.07, 6.45) is -1.27. The maximum absolute atomic E-state index is 12.4. The first kappa shape index (κ1) is 14.4. The van der Waals surface area contributed by atoms with Crippen molar-refractivity contribution >= 4 is 5.91 Å². The molecule has 0 atom stereocenters. The van der Waals surface area contributed by atoms with E-state index in [1.807, 2.05) is 0 Å². The highest BCUT2D eigenvalue weighted by Gasteiger charge is 2.30. The third kappa shape index (κ3) is 2.63. The van der Waals surface area contributed by atoms with Crippen LogP contribution in [0.15, 0.2) is 12.4 Å². The van der Waals surface area contributed by atoms with Crippen molar-refractivity contribution in [1.82, 2.24) is 19.6 Å². The van der Waals surface area contributed by atoms with Crippen LogP contribution in [0.4, 0.5) is 13.2 Å². The maximum atomic E-state index is 12.4. The molecule has 10 heteroatoms. The van der Waals surface area contributed by atoms with Crippen LogP contribution in [0.25, 0.3) is 11.3 Å². The van der Waals surface area contributed by atoms with Gasteiger partial charge in [-0.05, 0) is 0 Å². The third-order valence-electron chi connectivity index (χ3n) is 3.15. The van der Waals surface area contributed by atoms with Crippen LogP contribution in [-0.4, -0.2) is 38.3 Å². The summed E-state index contributed by atoms with van der Waals surface area (Å²) in [7, 11) is 0. The fourth-order valence-corrected chi connectivity index (χ4v) is 2.31. The molecule has 3 heterocycles. The monoisotopic (exact) mass is 315 g/mol. The summed E-state index contributed by atoms with van der Waals surface area (Å²) in [5.74, 6) is -0.501. The predicted molar refractivity (Wildman–Crippen MR) is 68.1 cm³/mol. The highest BCUT2D eigenvalue weighted by Crippen LogP contribution is 2.32. The zero-order chi connectivity index (χ0) is 15.9. The minimum Gasteiger partial charge on any atom is -0.477 e. The van der Waals surface area contributed by atoms with Gasteiger partial charge in [0.1, 0.15) is 17.8 Å². The Bertz CT molecular complexity index is 719. The summed E-state index contributed by atoms with van der Waals surface area (Å²) in [5.41, 5.74) is 5.87. The first-order valence-electron chi connectivity index (χ1n) is 6.48. The van der Waals surface area contributed by atoms with Gasteiger partial charge in [0.05, 0.1) is 12.8 Å². The van der Waals surface area contributed by atoms with Gasteiger partial charge in [0.2, 0.25) is 5.88 Å². The molecule has 0 fully saturated rings. The lowest BCUT2D eigenvalue weighted by molar-refractivity contribution is -0.142. The molecule has 2 aromatic rings. The summed E-state index contributed by atoms with van der Waals surface area (Å²) in [5, 5.41) is 7.85. The van der Waals surface area contributed by atoms with Gasteiger partial charge < -0.3 is 10.5 Å². The van der Waals surface area contributed by atoms with E-state index in [1.165, 1.54) is 17.1 Å². The molecule has 0 saturated carbocycles. The molecule has 2 N–H and O–H groups in total. The van der Waals surface area contributed by atoms with E-state index in [2.05, 4.69) is 10.2 Å². The average Bonchev–Trinajstić information content (AvgIpc) is 2.99. The second-order valence-corrected chi connectivity index (χ2v) is 4.86. The second-order valence-electron chi connectivity index (χ2n) is 4.86. The SMILES string of the molecule is NC(=O)c1c(-c2cnn(CC(F)(F)F)c2)nn2c1OCCC2. The van der Waals surface area contributed by atoms with Gasteiger partial charge in [0, 0.05) is 24.7 Å². The molecule has 0 spiro atoms. The molecule has 22 heavy (non-hydrogen) atoms. The van der Waals surface area contributed by atoms with Crippen molar-refractivity contribution in [2.75, 3.05) is 6.61 Å². The summed E-state index contributed by atoms with van der Waals surface area (Å²) in [6, 6.07) is 0. The zero-order valence-electron chi connectivity index (χ0n) is 11.3. The molecule has 0 unspecified atom stereocenters. The maximum Gasteiger partial charge on any atom is 0.408 e. The molecular weight excluding hydrogens is 303 g/mol. The lowest BCUT2D eigenvalue weighted by atomic mass is 10.1. The Morgan fingerprint density at radius 1 is 1.45 bits per heavy atom. The number of hydrogen-bond acceptors (Lipinski definition) is 4. The van der Waals surface area contributed by atoms with E-state index < -0.39 is 18.6 Å². The number of rotatable bonds is 3. The van der Waals surface area contributed by atoms with Crippen LogP contribution in [0, 0.1) is 0 Å². The topological polar surface area (TPSA) is 88.0 Å². The van der Waals surface area contributed by atoms with E-state index in [1.54, 1.807) is 0 Å². The summed E-state index contributed by atoms with van der Waals surface area (Å²) in [6.45, 7) is -0.242. The van der Waals surface area contributed by atoms with Crippen LogP contribution >= 0.6 is 0 Å². The van der Waals surface area contributed by atoms with E-state index in [4.69, 9.17) is 10.5 Å². The van der Waals surface area contributed by atoms with Gasteiger partial charge in [-0.1, -0.05) is 0 Å². The van der Waals surface area contributed by atoms with Gasteiger partial charge in [-0.25, -0.2) is 4.68 Å². The number of alkyl halides is 3. The van der Waals surface area contributed by atoms with E-state index in [0.29, 0.717) is 13.2 Å². The fraction of sp³-hybridized carbons (Fsp3) is 0.417. The molecular formula is C12H12F3N5O2. The van der Waals surface area contributed by atoms with Crippen LogP contribution in [0.1, 0.15) is 16.8 Å². The Morgan fingerprint density at radius 3 is 2.91 bits per heavy atom. The lowest BCUT2D eigenvalue weighted by Gasteiger charge is -2.14. The molecule has 0 aliphatic carbocycles. The number of primary amides is 1. The number of ether oxygens (including phenoxy) is 1. The molecule has 0 aromatic carbocycles. The first-order valence-corrected chi connectivity index (χ1v) is 6.48. The van der Waals surface area contributed by atoms with E-state index in [9.17, 15) is 18.0 Å². The minimum absolute atomic E-state index is 0.0614. The number of aromatic nitrogens is 4. The van der Waals surface area contributed by atoms with Gasteiger partial charge in [-0.2, -0.15) is 23.4 Å². The third-order valence-corrected chi connectivity index (χ3v) is 3.15. The average molecular weight is 315 g/mol. The van der Waals surface area contributed by atoms with Gasteiger partial charge in [-0.3, -0.25) is 9.48 Å². The van der Waals surface area contributed by atoms with E-state index in [-0.39, 0.29) is 22.7 Å². The summed E-state index contributed by atoms with van der Waals surface area (Å²) < 4.78 is 44.7. The smallest absolute Gasteiger partial charge is 0.408 e. The van der Waals surface area contributed by atoms with E-state index in [0.717, 1.165) is 11.1 Å². The Labute approximate surface area is 122 Å². The van der Waals surface area contributed by atoms with Gasteiger partial charge in [-0.15, -0.1) is 0 Å². The number of hydrogen-bond donors (Lipinski definition) is 1. The zero-order valence-corrected chi connectivity index (χ0v) is 11.3. The quantitative estimate of drug-likeness (QED) is 0.921. The number of halogens is 3. The number of amides is 1. The number of carbonyl (C=O) groups is 1. The standard InChI is InChI=1S/C12H12F3N5O2/c13-12(14,15)6-19-5-7(4-17-19)9-8(10(16)21)11-20(18-9)2-1-3-22-11/h4-5H,1-3,6H2,(H2,16,21). The lowest BCUT2D eigenvalue weighted by Crippen LogP contribution is -2.18. The van der Waals surface area contributed by atoms with Crippen molar-refractivity contribution < 1.29 is 22.7 Å². The van der Waals surface area contributed by atoms with Crippen molar-refractivity contribution in [2.45, 2.75) is 25.7 Å². The fourth-order valence-electron chi connectivity index (χ4n) is 2.31. The molecule has 118 valence electrons. The van der Waals surface area contributed by atoms with Gasteiger partial charge >= 0.3 is 6.18 Å². The van der Waals surface area contributed by atoms with Crippen molar-refractivity contribution in [2.24, 2.45) is 5.73 Å². The van der Waals surface area contributed by atoms with Crippen molar-refractivity contribution in [1.29, 1.82) is 0 Å². The molecule has 0 saturated heterocycles. The number of aryl methyl sites for hydroxylation is 1. The highest BCUT2D eigenvalue weighted by atomic mass is 19.4. The van der Waals surface area contributed by atoms with Gasteiger partial charge in [0.15, 0.2) is 0 Å². The van der Waals surface area contributed by atoms with Crippen LogP contribution in [0.5, 0.6) is 5.88 Å². The Morgan fingerprint density at radius 2 is 2.23 bits per heavy atom. The largest absolute Gasteiger partial charge is 0.477 e. The second kappa shape index (κ2) is 5.04. The van der Waals surface area contributed by atoms with Crippen molar-refractivity contribution in [3.8, 4) is 17.1 Å². The molecule has 0 bridgehead atoms. The summed E-state index contributed by atoms with van der Waals surface area (Å²) in [4.78, 5) is 11.6. The van der Waals surface area contributed by atoms with Crippen LogP contribution < -0.4 is 10.5 Å². The van der Waals surface area contributed by atoms with Crippen LogP contribution in [0.3, 0.4) is 0 Å². The van der Waals surface area contributed by atoms with Crippen LogP contribution in [0.2, 0.25) is 0 Å². The molecule has 3 rings (SSSR count). The molecule has 1 amide bonds. The van der Waals surface area contributed by atoms with Crippen LogP contribution in [-0.2, 0) is 13.1 Å². The minimum atomic E-state index is -4.38. The van der Waals surface area contributed by atoms with E-state index >= 15 is 0 Å². The molecule has 7 nitrogen and oxygen atoms in total. The first-order chi connectivity index (χ1) is 10.3. The number of nitrogens with two attached hydrogens (primary N) is 1. The molecule has 2 aromatic heterocycles. The normalized spacial score (nSPS) is 14.5. The van der Waals surface area contributed by atoms with Gasteiger partial charge in [0.25, 0.3) is 5.91 Å². The number of fused-ring (bicyclic) bond motifs is 1. The molecule has 1 aliphatic heterocycles. The van der Waals surface area contributed by atoms with Crippen molar-refractivity contribution in [3.63, 3.8) is 0 Å². The molecule has 0 radical (unpaired) electrons.